The van der Waals surface area contributed by atoms with E-state index in [1.165, 1.54) is 12.5 Å². The summed E-state index contributed by atoms with van der Waals surface area (Å²) in [5, 5.41) is 25.0. The van der Waals surface area contributed by atoms with Crippen LogP contribution in [0.4, 0.5) is 0 Å². The highest BCUT2D eigenvalue weighted by Gasteiger charge is 2.32. The Hall–Kier alpha value is -4.01. The highest BCUT2D eigenvalue weighted by molar-refractivity contribution is 5.96. The van der Waals surface area contributed by atoms with E-state index in [9.17, 15) is 28.8 Å². The maximum Gasteiger partial charge on any atom is 0.326 e. The van der Waals surface area contributed by atoms with E-state index in [4.69, 9.17) is 21.7 Å². The molecule has 0 bridgehead atoms. The van der Waals surface area contributed by atoms with Crippen molar-refractivity contribution in [3.05, 3.63) is 18.2 Å². The van der Waals surface area contributed by atoms with Crippen molar-refractivity contribution in [2.45, 2.75) is 63.7 Å². The Morgan fingerprint density at radius 1 is 0.971 bits per heavy atom. The van der Waals surface area contributed by atoms with Crippen LogP contribution in [0.25, 0.3) is 0 Å². The zero-order valence-corrected chi connectivity index (χ0v) is 19.3. The second-order valence-electron chi connectivity index (χ2n) is 7.98. The van der Waals surface area contributed by atoms with Crippen molar-refractivity contribution in [2.75, 3.05) is 0 Å². The van der Waals surface area contributed by atoms with E-state index < -0.39 is 72.6 Å². The molecule has 0 saturated carbocycles. The zero-order valence-electron chi connectivity index (χ0n) is 19.3. The Morgan fingerprint density at radius 3 is 2.03 bits per heavy atom. The predicted molar refractivity (Wildman–Crippen MR) is 119 cm³/mol. The normalized spacial score (nSPS) is 15.1. The van der Waals surface area contributed by atoms with Gasteiger partial charge in [-0.2, -0.15) is 0 Å². The largest absolute Gasteiger partial charge is 0.481 e. The van der Waals surface area contributed by atoms with E-state index in [2.05, 4.69) is 20.6 Å². The number of H-pyrrole nitrogens is 1. The fourth-order valence-electron chi connectivity index (χ4n) is 2.94. The molecule has 35 heavy (non-hydrogen) atoms. The summed E-state index contributed by atoms with van der Waals surface area (Å²) in [4.78, 5) is 78.4. The Balaban J connectivity index is 3.09. The summed E-state index contributed by atoms with van der Waals surface area (Å²) in [6.07, 6.45) is 1.61. The molecule has 0 aliphatic rings. The SMILES string of the molecule is CCC(C)C(N)C(=O)NC(Cc1cnc[nH]1)C(=O)NC(CC(=O)O)C(=O)NC(CC(N)=O)C(=O)O. The maximum absolute atomic E-state index is 13.0. The number of rotatable bonds is 15. The van der Waals surface area contributed by atoms with Gasteiger partial charge in [0.05, 0.1) is 25.2 Å². The van der Waals surface area contributed by atoms with Crippen molar-refractivity contribution in [1.82, 2.24) is 25.9 Å². The first-order valence-electron chi connectivity index (χ1n) is 10.7. The summed E-state index contributed by atoms with van der Waals surface area (Å²) >= 11 is 0. The lowest BCUT2D eigenvalue weighted by molar-refractivity contribution is -0.144. The number of carbonyl (C=O) groups excluding carboxylic acids is 4. The van der Waals surface area contributed by atoms with Crippen molar-refractivity contribution in [3.63, 3.8) is 0 Å². The molecular formula is C20H31N7O8. The number of carbonyl (C=O) groups is 6. The zero-order chi connectivity index (χ0) is 26.7. The van der Waals surface area contributed by atoms with Gasteiger partial charge in [-0.3, -0.25) is 24.0 Å². The molecule has 1 aromatic heterocycles. The smallest absolute Gasteiger partial charge is 0.326 e. The second kappa shape index (κ2) is 13.6. The first-order chi connectivity index (χ1) is 16.3. The second-order valence-corrected chi connectivity index (χ2v) is 7.98. The van der Waals surface area contributed by atoms with Gasteiger partial charge in [-0.15, -0.1) is 0 Å². The number of aromatic amines is 1. The standard InChI is InChI=1S/C20H31N7O8/c1-3-9(2)16(22)19(33)26-11(4-10-7-23-8-24-10)17(31)25-12(6-15(29)30)18(32)27-13(20(34)35)5-14(21)28/h7-9,11-13,16H,3-6,22H2,1-2H3,(H2,21,28)(H,23,24)(H,25,31)(H,26,33)(H,27,32)(H,29,30)(H,34,35). The molecule has 0 spiro atoms. The number of primary amides is 1. The van der Waals surface area contributed by atoms with Crippen molar-refractivity contribution in [1.29, 1.82) is 0 Å². The summed E-state index contributed by atoms with van der Waals surface area (Å²) in [6, 6.07) is -5.66. The Bertz CT molecular complexity index is 921. The predicted octanol–water partition coefficient (Wildman–Crippen LogP) is -2.79. The quantitative estimate of drug-likeness (QED) is 0.123. The van der Waals surface area contributed by atoms with Crippen LogP contribution < -0.4 is 27.4 Å². The van der Waals surface area contributed by atoms with Gasteiger partial charge in [0.1, 0.15) is 18.1 Å². The molecule has 15 heteroatoms. The lowest BCUT2D eigenvalue weighted by atomic mass is 9.98. The fraction of sp³-hybridized carbons (Fsp3) is 0.550. The highest BCUT2D eigenvalue weighted by Crippen LogP contribution is 2.07. The van der Waals surface area contributed by atoms with E-state index in [0.717, 1.165) is 0 Å². The molecule has 0 radical (unpaired) electrons. The van der Waals surface area contributed by atoms with Crippen LogP contribution in [0.15, 0.2) is 12.5 Å². The lowest BCUT2D eigenvalue weighted by Gasteiger charge is -2.25. The molecule has 1 aromatic rings. The van der Waals surface area contributed by atoms with E-state index >= 15 is 0 Å². The average molecular weight is 498 g/mol. The lowest BCUT2D eigenvalue weighted by Crippen LogP contribution is -2.58. The minimum absolute atomic E-state index is 0.0916. The Kier molecular flexibility index (Phi) is 11.3. The molecule has 0 saturated heterocycles. The molecule has 1 rings (SSSR count). The summed E-state index contributed by atoms with van der Waals surface area (Å²) in [5.41, 5.74) is 11.4. The molecule has 0 aromatic carbocycles. The molecule has 4 amide bonds. The number of carboxylic acid groups (broad SMARTS) is 2. The molecule has 194 valence electrons. The summed E-state index contributed by atoms with van der Waals surface area (Å²) in [7, 11) is 0. The number of hydrogen-bond donors (Lipinski definition) is 8. The molecule has 5 unspecified atom stereocenters. The Morgan fingerprint density at radius 2 is 1.54 bits per heavy atom. The molecule has 0 aliphatic heterocycles. The van der Waals surface area contributed by atoms with Crippen LogP contribution >= 0.6 is 0 Å². The van der Waals surface area contributed by atoms with Gasteiger partial charge in [0, 0.05) is 18.3 Å². The molecule has 10 N–H and O–H groups in total. The van der Waals surface area contributed by atoms with Crippen molar-refractivity contribution in [3.8, 4) is 0 Å². The topological polar surface area (TPSA) is 260 Å². The van der Waals surface area contributed by atoms with Crippen LogP contribution in [-0.2, 0) is 35.2 Å². The van der Waals surface area contributed by atoms with Crippen LogP contribution in [0.1, 0.15) is 38.8 Å². The fourth-order valence-corrected chi connectivity index (χ4v) is 2.94. The molecule has 5 atom stereocenters. The third kappa shape index (κ3) is 9.79. The number of aromatic nitrogens is 2. The van der Waals surface area contributed by atoms with E-state index in [-0.39, 0.29) is 12.3 Å². The van der Waals surface area contributed by atoms with E-state index in [1.54, 1.807) is 6.92 Å². The third-order valence-electron chi connectivity index (χ3n) is 5.20. The van der Waals surface area contributed by atoms with Gasteiger partial charge in [0.2, 0.25) is 23.6 Å². The molecular weight excluding hydrogens is 466 g/mol. The number of carboxylic acids is 2. The first-order valence-corrected chi connectivity index (χ1v) is 10.7. The number of hydrogen-bond acceptors (Lipinski definition) is 8. The van der Waals surface area contributed by atoms with Crippen LogP contribution in [0.2, 0.25) is 0 Å². The van der Waals surface area contributed by atoms with Gasteiger partial charge in [-0.1, -0.05) is 20.3 Å². The number of imidazole rings is 1. The number of nitrogens with zero attached hydrogens (tertiary/aromatic N) is 1. The summed E-state index contributed by atoms with van der Waals surface area (Å²) in [6.45, 7) is 3.59. The van der Waals surface area contributed by atoms with Gasteiger partial charge in [-0.05, 0) is 5.92 Å². The van der Waals surface area contributed by atoms with Gasteiger partial charge < -0.3 is 42.6 Å². The van der Waals surface area contributed by atoms with E-state index in [0.29, 0.717) is 12.1 Å². The summed E-state index contributed by atoms with van der Waals surface area (Å²) in [5.74, 6) is -7.00. The number of nitrogens with two attached hydrogens (primary N) is 2. The Labute approximate surface area is 200 Å². The van der Waals surface area contributed by atoms with Crippen molar-refractivity contribution < 1.29 is 39.0 Å². The first kappa shape index (κ1) is 29.0. The number of aliphatic carboxylic acids is 2. The van der Waals surface area contributed by atoms with Crippen LogP contribution in [0.3, 0.4) is 0 Å². The van der Waals surface area contributed by atoms with E-state index in [1.807, 2.05) is 12.2 Å². The van der Waals surface area contributed by atoms with Crippen LogP contribution in [-0.4, -0.2) is 79.9 Å². The number of amides is 4. The number of nitrogens with one attached hydrogen (secondary N) is 4. The van der Waals surface area contributed by atoms with Gasteiger partial charge in [0.25, 0.3) is 0 Å². The van der Waals surface area contributed by atoms with Crippen LogP contribution in [0.5, 0.6) is 0 Å². The van der Waals surface area contributed by atoms with Crippen molar-refractivity contribution >= 4 is 35.6 Å². The molecule has 0 aliphatic carbocycles. The van der Waals surface area contributed by atoms with Gasteiger partial charge in [0.15, 0.2) is 0 Å². The monoisotopic (exact) mass is 497 g/mol. The third-order valence-corrected chi connectivity index (χ3v) is 5.20. The van der Waals surface area contributed by atoms with Crippen molar-refractivity contribution in [2.24, 2.45) is 17.4 Å². The van der Waals surface area contributed by atoms with Crippen LogP contribution in [0, 0.1) is 5.92 Å². The minimum atomic E-state index is -1.73. The maximum atomic E-state index is 13.0. The highest BCUT2D eigenvalue weighted by atomic mass is 16.4. The molecule has 0 fully saturated rings. The molecule has 1 heterocycles. The van der Waals surface area contributed by atoms with Gasteiger partial charge >= 0.3 is 11.9 Å². The van der Waals surface area contributed by atoms with Gasteiger partial charge in [-0.25, -0.2) is 9.78 Å². The average Bonchev–Trinajstić information content (AvgIpc) is 3.28. The summed E-state index contributed by atoms with van der Waals surface area (Å²) < 4.78 is 0. The molecule has 15 nitrogen and oxygen atoms in total. The minimum Gasteiger partial charge on any atom is -0.481 e.